The van der Waals surface area contributed by atoms with Gasteiger partial charge in [-0.05, 0) is 46.9 Å². The Bertz CT molecular complexity index is 846. The highest BCUT2D eigenvalue weighted by atomic mass is 16.5. The van der Waals surface area contributed by atoms with E-state index >= 15 is 0 Å². The monoisotopic (exact) mass is 274 g/mol. The van der Waals surface area contributed by atoms with Gasteiger partial charge in [0, 0.05) is 11.1 Å². The van der Waals surface area contributed by atoms with Gasteiger partial charge in [-0.2, -0.15) is 0 Å². The van der Waals surface area contributed by atoms with Crippen molar-refractivity contribution in [1.29, 1.82) is 0 Å². The summed E-state index contributed by atoms with van der Waals surface area (Å²) in [6.07, 6.45) is 1.08. The molecule has 0 aliphatic carbocycles. The predicted molar refractivity (Wildman–Crippen MR) is 87.8 cm³/mol. The summed E-state index contributed by atoms with van der Waals surface area (Å²) >= 11 is 0. The van der Waals surface area contributed by atoms with Crippen molar-refractivity contribution in [2.45, 2.75) is 26.9 Å². The number of hydrogen-bond donors (Lipinski definition) is 0. The zero-order valence-corrected chi connectivity index (χ0v) is 12.4. The molecular formula is C20H18O. The van der Waals surface area contributed by atoms with E-state index in [9.17, 15) is 0 Å². The highest BCUT2D eigenvalue weighted by molar-refractivity contribution is 5.93. The van der Waals surface area contributed by atoms with E-state index in [4.69, 9.17) is 4.74 Å². The molecule has 3 aromatic rings. The molecule has 104 valence electrons. The third-order valence-electron chi connectivity index (χ3n) is 4.40. The van der Waals surface area contributed by atoms with Gasteiger partial charge in [-0.15, -0.1) is 0 Å². The Labute approximate surface area is 125 Å². The van der Waals surface area contributed by atoms with Crippen LogP contribution in [0.15, 0.2) is 48.5 Å². The Hall–Kier alpha value is -2.28. The van der Waals surface area contributed by atoms with Gasteiger partial charge in [0.25, 0.3) is 0 Å². The molecule has 0 unspecified atom stereocenters. The Morgan fingerprint density at radius 2 is 1.81 bits per heavy atom. The fourth-order valence-corrected chi connectivity index (χ4v) is 3.19. The molecule has 1 aliphatic rings. The van der Waals surface area contributed by atoms with Crippen molar-refractivity contribution < 1.29 is 4.74 Å². The normalized spacial score (nSPS) is 12.7. The van der Waals surface area contributed by atoms with E-state index in [0.29, 0.717) is 6.61 Å². The molecule has 1 aliphatic heterocycles. The number of rotatable bonds is 1. The standard InChI is InChI=1S/C20H18O/c1-3-14-5-8-16-15(11-14)6-9-17-18-7-4-13(2)10-20(18)21-12-19(16)17/h4-11H,3,12H2,1-2H3. The van der Waals surface area contributed by atoms with Crippen LogP contribution in [-0.2, 0) is 13.0 Å². The van der Waals surface area contributed by atoms with Crippen LogP contribution in [0, 0.1) is 6.92 Å². The highest BCUT2D eigenvalue weighted by Crippen LogP contribution is 2.40. The van der Waals surface area contributed by atoms with Crippen molar-refractivity contribution in [1.82, 2.24) is 0 Å². The quantitative estimate of drug-likeness (QED) is 0.587. The first-order valence-corrected chi connectivity index (χ1v) is 7.54. The Kier molecular flexibility index (Phi) is 2.75. The first kappa shape index (κ1) is 12.5. The average molecular weight is 274 g/mol. The van der Waals surface area contributed by atoms with Gasteiger partial charge >= 0.3 is 0 Å². The molecule has 1 heteroatoms. The van der Waals surface area contributed by atoms with Crippen molar-refractivity contribution in [3.63, 3.8) is 0 Å². The molecular weight excluding hydrogens is 256 g/mol. The molecule has 1 nitrogen and oxygen atoms in total. The van der Waals surface area contributed by atoms with Crippen LogP contribution in [0.1, 0.15) is 23.6 Å². The van der Waals surface area contributed by atoms with Crippen LogP contribution in [0.25, 0.3) is 21.9 Å². The molecule has 3 aromatic carbocycles. The molecule has 0 saturated carbocycles. The molecule has 0 amide bonds. The molecule has 4 rings (SSSR count). The van der Waals surface area contributed by atoms with Gasteiger partial charge < -0.3 is 4.74 Å². The molecule has 0 saturated heterocycles. The summed E-state index contributed by atoms with van der Waals surface area (Å²) in [6, 6.07) is 17.7. The van der Waals surface area contributed by atoms with Crippen LogP contribution >= 0.6 is 0 Å². The van der Waals surface area contributed by atoms with Gasteiger partial charge in [0.15, 0.2) is 0 Å². The molecule has 0 fully saturated rings. The molecule has 0 atom stereocenters. The second-order valence-corrected chi connectivity index (χ2v) is 5.79. The lowest BCUT2D eigenvalue weighted by Gasteiger charge is -2.23. The molecule has 0 spiro atoms. The SMILES string of the molecule is CCc1ccc2c3c(ccc2c1)-c1ccc(C)cc1OC3. The lowest BCUT2D eigenvalue weighted by Crippen LogP contribution is -2.06. The smallest absolute Gasteiger partial charge is 0.127 e. The summed E-state index contributed by atoms with van der Waals surface area (Å²) in [4.78, 5) is 0. The van der Waals surface area contributed by atoms with Crippen LogP contribution in [0.4, 0.5) is 0 Å². The minimum absolute atomic E-state index is 0.661. The van der Waals surface area contributed by atoms with Gasteiger partial charge in [0.05, 0.1) is 0 Å². The van der Waals surface area contributed by atoms with E-state index in [1.807, 2.05) is 0 Å². The minimum Gasteiger partial charge on any atom is -0.488 e. The summed E-state index contributed by atoms with van der Waals surface area (Å²) in [5.74, 6) is 1.01. The topological polar surface area (TPSA) is 9.23 Å². The van der Waals surface area contributed by atoms with Gasteiger partial charge in [-0.1, -0.05) is 49.4 Å². The van der Waals surface area contributed by atoms with E-state index < -0.39 is 0 Å². The molecule has 0 aromatic heterocycles. The number of benzene rings is 3. The first-order chi connectivity index (χ1) is 10.3. The van der Waals surface area contributed by atoms with Gasteiger partial charge in [-0.3, -0.25) is 0 Å². The number of ether oxygens (including phenoxy) is 1. The van der Waals surface area contributed by atoms with Crippen molar-refractivity contribution in [3.8, 4) is 16.9 Å². The van der Waals surface area contributed by atoms with Crippen LogP contribution in [0.5, 0.6) is 5.75 Å². The Morgan fingerprint density at radius 3 is 2.67 bits per heavy atom. The van der Waals surface area contributed by atoms with Gasteiger partial charge in [-0.25, -0.2) is 0 Å². The maximum absolute atomic E-state index is 6.00. The van der Waals surface area contributed by atoms with E-state index in [1.54, 1.807) is 0 Å². The summed E-state index contributed by atoms with van der Waals surface area (Å²) in [5.41, 5.74) is 6.46. The van der Waals surface area contributed by atoms with Crippen LogP contribution in [0.2, 0.25) is 0 Å². The second-order valence-electron chi connectivity index (χ2n) is 5.79. The van der Waals surface area contributed by atoms with Crippen LogP contribution in [0.3, 0.4) is 0 Å². The van der Waals surface area contributed by atoms with Crippen molar-refractivity contribution in [2.75, 3.05) is 0 Å². The fraction of sp³-hybridized carbons (Fsp3) is 0.200. The van der Waals surface area contributed by atoms with Crippen molar-refractivity contribution in [2.24, 2.45) is 0 Å². The maximum Gasteiger partial charge on any atom is 0.127 e. The van der Waals surface area contributed by atoms with Gasteiger partial charge in [0.1, 0.15) is 12.4 Å². The van der Waals surface area contributed by atoms with Crippen LogP contribution in [-0.4, -0.2) is 0 Å². The largest absolute Gasteiger partial charge is 0.488 e. The molecule has 0 bridgehead atoms. The second kappa shape index (κ2) is 4.63. The lowest BCUT2D eigenvalue weighted by molar-refractivity contribution is 0.303. The van der Waals surface area contributed by atoms with Gasteiger partial charge in [0.2, 0.25) is 0 Å². The number of fused-ring (bicyclic) bond motifs is 5. The Balaban J connectivity index is 1.97. The summed E-state index contributed by atoms with van der Waals surface area (Å²) < 4.78 is 6.00. The Morgan fingerprint density at radius 1 is 0.952 bits per heavy atom. The lowest BCUT2D eigenvalue weighted by atomic mass is 9.91. The number of hydrogen-bond acceptors (Lipinski definition) is 1. The molecule has 1 heterocycles. The van der Waals surface area contributed by atoms with Crippen molar-refractivity contribution in [3.05, 3.63) is 65.2 Å². The minimum atomic E-state index is 0.661. The van der Waals surface area contributed by atoms with E-state index in [-0.39, 0.29) is 0 Å². The average Bonchev–Trinajstić information content (AvgIpc) is 2.53. The molecule has 21 heavy (non-hydrogen) atoms. The van der Waals surface area contributed by atoms with E-state index in [0.717, 1.165) is 12.2 Å². The molecule has 0 N–H and O–H groups in total. The zero-order chi connectivity index (χ0) is 14.4. The number of aryl methyl sites for hydroxylation is 2. The third kappa shape index (κ3) is 1.92. The van der Waals surface area contributed by atoms with E-state index in [1.165, 1.54) is 38.6 Å². The van der Waals surface area contributed by atoms with Crippen molar-refractivity contribution >= 4 is 10.8 Å². The molecule has 0 radical (unpaired) electrons. The fourth-order valence-electron chi connectivity index (χ4n) is 3.19. The third-order valence-corrected chi connectivity index (χ3v) is 4.40. The predicted octanol–water partition coefficient (Wildman–Crippen LogP) is 5.27. The first-order valence-electron chi connectivity index (χ1n) is 7.54. The van der Waals surface area contributed by atoms with Crippen LogP contribution < -0.4 is 4.74 Å². The summed E-state index contributed by atoms with van der Waals surface area (Å²) in [5, 5.41) is 2.63. The maximum atomic E-state index is 6.00. The van der Waals surface area contributed by atoms with E-state index in [2.05, 4.69) is 62.4 Å². The summed E-state index contributed by atoms with van der Waals surface area (Å²) in [6.45, 7) is 4.96. The zero-order valence-electron chi connectivity index (χ0n) is 12.4. The highest BCUT2D eigenvalue weighted by Gasteiger charge is 2.19. The summed E-state index contributed by atoms with van der Waals surface area (Å²) in [7, 11) is 0.